The molecule has 8 aromatic rings. The Kier molecular flexibility index (Phi) is 8.74. The fourth-order valence-corrected chi connectivity index (χ4v) is 6.29. The third-order valence-electron chi connectivity index (χ3n) is 8.43. The normalized spacial score (nSPS) is 12.0. The van der Waals surface area contributed by atoms with E-state index in [1.807, 2.05) is 48.7 Å². The van der Waals surface area contributed by atoms with E-state index in [1.165, 1.54) is 38.3 Å². The third kappa shape index (κ3) is 6.43. The molecule has 8 rings (SSSR count). The van der Waals surface area contributed by atoms with Crippen LogP contribution in [0.1, 0.15) is 52.7 Å². The summed E-state index contributed by atoms with van der Waals surface area (Å²) in [5.74, 6) is 0. The number of benzene rings is 3. The summed E-state index contributed by atoms with van der Waals surface area (Å²) in [6.07, 6.45) is 8.02. The molecule has 0 aliphatic heterocycles. The van der Waals surface area contributed by atoms with E-state index in [0.29, 0.717) is 0 Å². The van der Waals surface area contributed by atoms with Gasteiger partial charge in [0.25, 0.3) is 0 Å². The van der Waals surface area contributed by atoms with Gasteiger partial charge in [-0.1, -0.05) is 88.9 Å². The maximum atomic E-state index is 4.89. The Balaban J connectivity index is 0.000000250. The van der Waals surface area contributed by atoms with E-state index in [4.69, 9.17) is 4.98 Å². The Morgan fingerprint density at radius 2 is 1.38 bits per heavy atom. The van der Waals surface area contributed by atoms with Crippen molar-refractivity contribution in [3.05, 3.63) is 133 Å². The summed E-state index contributed by atoms with van der Waals surface area (Å²) in [5, 5.41) is 4.98. The van der Waals surface area contributed by atoms with Crippen LogP contribution in [0.15, 0.2) is 109 Å². The molecular weight excluding hydrogens is 753 g/mol. The minimum Gasteiger partial charge on any atom is -0.335 e. The molecule has 0 fully saturated rings. The second-order valence-corrected chi connectivity index (χ2v) is 14.3. The minimum absolute atomic E-state index is 0. The van der Waals surface area contributed by atoms with Crippen LogP contribution in [0.2, 0.25) is 0 Å². The van der Waals surface area contributed by atoms with Gasteiger partial charge in [0.2, 0.25) is 0 Å². The summed E-state index contributed by atoms with van der Waals surface area (Å²) in [6.45, 7) is 13.6. The molecule has 5 heterocycles. The third-order valence-corrected chi connectivity index (χ3v) is 8.43. The Hall–Kier alpha value is -4.44. The zero-order valence-corrected chi connectivity index (χ0v) is 30.1. The van der Waals surface area contributed by atoms with E-state index in [1.54, 1.807) is 6.20 Å². The van der Waals surface area contributed by atoms with Gasteiger partial charge in [-0.05, 0) is 76.1 Å². The molecule has 0 atom stereocenters. The van der Waals surface area contributed by atoms with Crippen LogP contribution in [0.3, 0.4) is 0 Å². The first-order valence-electron chi connectivity index (χ1n) is 15.9. The Labute approximate surface area is 290 Å². The van der Waals surface area contributed by atoms with Crippen molar-refractivity contribution < 1.29 is 20.1 Å². The fraction of sp³-hybridized carbons (Fsp3) is 0.214. The van der Waals surface area contributed by atoms with Gasteiger partial charge in [-0.15, -0.1) is 47.5 Å². The molecule has 1 radical (unpaired) electrons. The number of nitrogens with zero attached hydrogens (tertiary/aromatic N) is 4. The number of hydrogen-bond acceptors (Lipinski definition) is 3. The molecule has 0 saturated heterocycles. The monoisotopic (exact) mass is 791 g/mol. The molecule has 4 nitrogen and oxygen atoms in total. The molecule has 237 valence electrons. The quantitative estimate of drug-likeness (QED) is 0.167. The maximum Gasteiger partial charge on any atom is 0.0604 e. The molecule has 0 aliphatic rings. The first-order valence-corrected chi connectivity index (χ1v) is 15.9. The average molecular weight is 791 g/mol. The number of pyridine rings is 3. The smallest absolute Gasteiger partial charge is 0.0604 e. The minimum atomic E-state index is 0. The SMILES string of the molecule is CC(C)(C)Cc1ccnc(-c2[c-]nc3c(c2)c2cc(C(C)(C)C)cc4c5ccccc5n3c42)c1.[Ir].[c-]1ccccc1-c1ccccn1. The molecule has 47 heavy (non-hydrogen) atoms. The van der Waals surface area contributed by atoms with Gasteiger partial charge in [0, 0.05) is 48.8 Å². The van der Waals surface area contributed by atoms with Gasteiger partial charge in [0.05, 0.1) is 11.2 Å². The maximum absolute atomic E-state index is 4.89. The molecule has 3 aromatic carbocycles. The molecule has 0 saturated carbocycles. The molecule has 0 bridgehead atoms. The van der Waals surface area contributed by atoms with E-state index < -0.39 is 0 Å². The standard InChI is InChI=1S/C31H30N3.C11H8N.Ir/c1-30(2,3)17-19-11-12-32-26(13-19)20-14-25-24-16-21(31(4,5)6)15-23-22-9-7-8-10-27(22)34(28(23)24)29(25)33-18-20;1-2-6-10(7-3-1)11-8-4-5-9-12-11;/h7-16H,17H2,1-6H3;1-6,8-9H;/q2*-1;. The first kappa shape index (κ1) is 32.5. The van der Waals surface area contributed by atoms with E-state index in [9.17, 15) is 0 Å². The van der Waals surface area contributed by atoms with E-state index in [2.05, 4.69) is 123 Å². The van der Waals surface area contributed by atoms with E-state index in [-0.39, 0.29) is 30.9 Å². The van der Waals surface area contributed by atoms with Crippen LogP contribution in [0.25, 0.3) is 60.7 Å². The summed E-state index contributed by atoms with van der Waals surface area (Å²) in [7, 11) is 0. The Morgan fingerprint density at radius 1 is 0.660 bits per heavy atom. The summed E-state index contributed by atoms with van der Waals surface area (Å²) in [5.41, 5.74) is 10.2. The van der Waals surface area contributed by atoms with Crippen molar-refractivity contribution in [3.8, 4) is 22.5 Å². The Bertz CT molecular complexity index is 2260. The van der Waals surface area contributed by atoms with E-state index in [0.717, 1.165) is 40.0 Å². The van der Waals surface area contributed by atoms with Gasteiger partial charge >= 0.3 is 0 Å². The number of rotatable bonds is 3. The predicted molar refractivity (Wildman–Crippen MR) is 191 cm³/mol. The van der Waals surface area contributed by atoms with Gasteiger partial charge < -0.3 is 19.4 Å². The van der Waals surface area contributed by atoms with Crippen molar-refractivity contribution in [1.82, 2.24) is 19.4 Å². The van der Waals surface area contributed by atoms with Gasteiger partial charge in [-0.2, -0.15) is 0 Å². The predicted octanol–water partition coefficient (Wildman–Crippen LogP) is 10.5. The van der Waals surface area contributed by atoms with Crippen LogP contribution in [-0.4, -0.2) is 19.4 Å². The van der Waals surface area contributed by atoms with Gasteiger partial charge in [0.1, 0.15) is 0 Å². The number of fused-ring (bicyclic) bond motifs is 6. The van der Waals surface area contributed by atoms with Crippen LogP contribution in [0, 0.1) is 17.7 Å². The second-order valence-electron chi connectivity index (χ2n) is 14.3. The molecule has 0 N–H and O–H groups in total. The van der Waals surface area contributed by atoms with Crippen molar-refractivity contribution in [2.45, 2.75) is 53.4 Å². The first-order chi connectivity index (χ1) is 22.1. The topological polar surface area (TPSA) is 43.1 Å². The van der Waals surface area contributed by atoms with Crippen LogP contribution in [0.4, 0.5) is 0 Å². The largest absolute Gasteiger partial charge is 0.335 e. The van der Waals surface area contributed by atoms with Crippen LogP contribution < -0.4 is 0 Å². The van der Waals surface area contributed by atoms with Gasteiger partial charge in [0.15, 0.2) is 0 Å². The number of hydrogen-bond donors (Lipinski definition) is 0. The summed E-state index contributed by atoms with van der Waals surface area (Å²) < 4.78 is 2.31. The molecule has 0 amide bonds. The summed E-state index contributed by atoms with van der Waals surface area (Å²) in [6, 6.07) is 36.7. The van der Waals surface area contributed by atoms with Gasteiger partial charge in [-0.25, -0.2) is 0 Å². The molecule has 5 aromatic heterocycles. The zero-order chi connectivity index (χ0) is 32.1. The summed E-state index contributed by atoms with van der Waals surface area (Å²) in [4.78, 5) is 13.8. The van der Waals surface area contributed by atoms with Crippen LogP contribution in [0.5, 0.6) is 0 Å². The number of para-hydroxylation sites is 1. The van der Waals surface area contributed by atoms with Gasteiger partial charge in [-0.3, -0.25) is 0 Å². The average Bonchev–Trinajstić information content (AvgIpc) is 3.56. The van der Waals surface area contributed by atoms with Crippen molar-refractivity contribution in [1.29, 1.82) is 0 Å². The summed E-state index contributed by atoms with van der Waals surface area (Å²) >= 11 is 0. The fourth-order valence-electron chi connectivity index (χ4n) is 6.29. The zero-order valence-electron chi connectivity index (χ0n) is 27.7. The second kappa shape index (κ2) is 12.6. The molecule has 5 heteroatoms. The molecule has 0 unspecified atom stereocenters. The van der Waals surface area contributed by atoms with Crippen molar-refractivity contribution in [2.75, 3.05) is 0 Å². The molecule has 0 aliphatic carbocycles. The van der Waals surface area contributed by atoms with E-state index >= 15 is 0 Å². The molecular formula is C42H38IrN4-2. The molecule has 0 spiro atoms. The Morgan fingerprint density at radius 3 is 2.09 bits per heavy atom. The number of aromatic nitrogens is 4. The van der Waals surface area contributed by atoms with Crippen molar-refractivity contribution in [2.24, 2.45) is 5.41 Å². The van der Waals surface area contributed by atoms with Crippen LogP contribution >= 0.6 is 0 Å². The van der Waals surface area contributed by atoms with Crippen molar-refractivity contribution >= 4 is 38.2 Å². The van der Waals surface area contributed by atoms with Crippen LogP contribution in [-0.2, 0) is 31.9 Å². The van der Waals surface area contributed by atoms with Crippen molar-refractivity contribution in [3.63, 3.8) is 0 Å².